The molecule has 0 spiro atoms. The van der Waals surface area contributed by atoms with Gasteiger partial charge in [-0.3, -0.25) is 19.7 Å². The zero-order valence-corrected chi connectivity index (χ0v) is 12.8. The van der Waals surface area contributed by atoms with Crippen molar-refractivity contribution in [2.24, 2.45) is 0 Å². The molecule has 1 atom stereocenters. The molecule has 0 fully saturated rings. The zero-order valence-electron chi connectivity index (χ0n) is 12.8. The fourth-order valence-corrected chi connectivity index (χ4v) is 2.74. The lowest BCUT2D eigenvalue weighted by atomic mass is 9.87. The molecule has 7 heteroatoms. The Morgan fingerprint density at radius 2 is 1.92 bits per heavy atom. The van der Waals surface area contributed by atoms with E-state index in [1.165, 1.54) is 24.3 Å². The Morgan fingerprint density at radius 1 is 1.25 bits per heavy atom. The number of hydrogen-bond acceptors (Lipinski definition) is 5. The minimum atomic E-state index is -1.94. The van der Waals surface area contributed by atoms with Gasteiger partial charge in [-0.25, -0.2) is 0 Å². The van der Waals surface area contributed by atoms with Crippen LogP contribution in [0.4, 0.5) is 11.4 Å². The van der Waals surface area contributed by atoms with Gasteiger partial charge in [-0.05, 0) is 25.1 Å². The molecule has 1 amide bonds. The predicted molar refractivity (Wildman–Crippen MR) is 85.7 cm³/mol. The van der Waals surface area contributed by atoms with Crippen LogP contribution in [0.2, 0.25) is 0 Å². The standard InChI is InChI=1S/C17H14N2O5/c1-10-2-7-14-13(8-10)17(22,16(21)18-14)9-15(20)11-3-5-12(6-4-11)19(23)24/h2-8,22H,9H2,1H3,(H,18,21)/t17-/m1/s1. The highest BCUT2D eigenvalue weighted by molar-refractivity contribution is 6.09. The largest absolute Gasteiger partial charge is 0.375 e. The fourth-order valence-electron chi connectivity index (χ4n) is 2.74. The number of nitrogens with zero attached hydrogens (tertiary/aromatic N) is 1. The highest BCUT2D eigenvalue weighted by Crippen LogP contribution is 2.39. The van der Waals surface area contributed by atoms with E-state index >= 15 is 0 Å². The lowest BCUT2D eigenvalue weighted by molar-refractivity contribution is -0.384. The van der Waals surface area contributed by atoms with Crippen LogP contribution in [0.5, 0.6) is 0 Å². The Kier molecular flexibility index (Phi) is 3.65. The van der Waals surface area contributed by atoms with Crippen LogP contribution in [-0.2, 0) is 10.4 Å². The molecule has 1 aliphatic rings. The lowest BCUT2D eigenvalue weighted by Crippen LogP contribution is -2.36. The van der Waals surface area contributed by atoms with Gasteiger partial charge in [0.15, 0.2) is 11.4 Å². The van der Waals surface area contributed by atoms with Gasteiger partial charge >= 0.3 is 0 Å². The van der Waals surface area contributed by atoms with Crippen molar-refractivity contribution in [2.45, 2.75) is 18.9 Å². The number of nitro groups is 1. The SMILES string of the molecule is Cc1ccc2c(c1)[C@](O)(CC(=O)c1ccc([N+](=O)[O-])cc1)C(=O)N2. The second-order valence-corrected chi connectivity index (χ2v) is 5.77. The Hall–Kier alpha value is -3.06. The van der Waals surface area contributed by atoms with Crippen molar-refractivity contribution < 1.29 is 19.6 Å². The molecule has 0 radical (unpaired) electrons. The maximum absolute atomic E-state index is 12.4. The van der Waals surface area contributed by atoms with Gasteiger partial charge in [0.05, 0.1) is 11.3 Å². The number of Topliss-reactive ketones (excluding diaryl/α,β-unsaturated/α-hetero) is 1. The summed E-state index contributed by atoms with van der Waals surface area (Å²) in [6, 6.07) is 10.2. The van der Waals surface area contributed by atoms with Gasteiger partial charge in [0.2, 0.25) is 0 Å². The minimum absolute atomic E-state index is 0.134. The fraction of sp³-hybridized carbons (Fsp3) is 0.176. The van der Waals surface area contributed by atoms with Crippen LogP contribution in [0.3, 0.4) is 0 Å². The molecule has 122 valence electrons. The monoisotopic (exact) mass is 326 g/mol. The van der Waals surface area contributed by atoms with Gasteiger partial charge in [0, 0.05) is 28.9 Å². The summed E-state index contributed by atoms with van der Waals surface area (Å²) < 4.78 is 0. The van der Waals surface area contributed by atoms with Crippen molar-refractivity contribution >= 4 is 23.1 Å². The average Bonchev–Trinajstić information content (AvgIpc) is 2.78. The number of carbonyl (C=O) groups excluding carboxylic acids is 2. The van der Waals surface area contributed by atoms with Crippen molar-refractivity contribution in [3.63, 3.8) is 0 Å². The topological polar surface area (TPSA) is 110 Å². The minimum Gasteiger partial charge on any atom is -0.375 e. The molecule has 3 rings (SSSR count). The molecule has 2 aromatic rings. The third-order valence-corrected chi connectivity index (χ3v) is 4.06. The first-order chi connectivity index (χ1) is 11.3. The van der Waals surface area contributed by atoms with Gasteiger partial charge < -0.3 is 10.4 Å². The molecule has 0 unspecified atom stereocenters. The van der Waals surface area contributed by atoms with Crippen LogP contribution < -0.4 is 5.32 Å². The molecule has 0 aromatic heterocycles. The van der Waals surface area contributed by atoms with E-state index in [4.69, 9.17) is 0 Å². The molecule has 0 saturated carbocycles. The third-order valence-electron chi connectivity index (χ3n) is 4.06. The Balaban J connectivity index is 1.90. The van der Waals surface area contributed by atoms with E-state index in [1.807, 2.05) is 6.92 Å². The number of fused-ring (bicyclic) bond motifs is 1. The summed E-state index contributed by atoms with van der Waals surface area (Å²) in [7, 11) is 0. The zero-order chi connectivity index (χ0) is 17.5. The van der Waals surface area contributed by atoms with Gasteiger partial charge in [-0.1, -0.05) is 17.7 Å². The van der Waals surface area contributed by atoms with Crippen molar-refractivity contribution in [3.05, 3.63) is 69.3 Å². The second-order valence-electron chi connectivity index (χ2n) is 5.77. The van der Waals surface area contributed by atoms with Crippen molar-refractivity contribution in [1.29, 1.82) is 0 Å². The average molecular weight is 326 g/mol. The van der Waals surface area contributed by atoms with Crippen LogP contribution in [0.25, 0.3) is 0 Å². The number of rotatable bonds is 4. The lowest BCUT2D eigenvalue weighted by Gasteiger charge is -2.20. The Bertz CT molecular complexity index is 860. The summed E-state index contributed by atoms with van der Waals surface area (Å²) in [5.41, 5.74) is -0.188. The molecule has 1 aliphatic heterocycles. The van der Waals surface area contributed by atoms with Crippen molar-refractivity contribution in [1.82, 2.24) is 0 Å². The maximum Gasteiger partial charge on any atom is 0.269 e. The predicted octanol–water partition coefficient (Wildman–Crippen LogP) is 2.32. The van der Waals surface area contributed by atoms with Crippen LogP contribution in [0.1, 0.15) is 27.9 Å². The molecule has 7 nitrogen and oxygen atoms in total. The van der Waals surface area contributed by atoms with Gasteiger partial charge in [0.1, 0.15) is 0 Å². The van der Waals surface area contributed by atoms with Crippen LogP contribution >= 0.6 is 0 Å². The first-order valence-corrected chi connectivity index (χ1v) is 7.24. The van der Waals surface area contributed by atoms with Crippen molar-refractivity contribution in [3.8, 4) is 0 Å². The highest BCUT2D eigenvalue weighted by Gasteiger charge is 2.46. The number of nitrogens with one attached hydrogen (secondary N) is 1. The number of nitro benzene ring substituents is 1. The van der Waals surface area contributed by atoms with E-state index in [2.05, 4.69) is 5.32 Å². The number of non-ortho nitro benzene ring substituents is 1. The van der Waals surface area contributed by atoms with Gasteiger partial charge in [0.25, 0.3) is 11.6 Å². The van der Waals surface area contributed by atoms with E-state index in [-0.39, 0.29) is 11.3 Å². The summed E-state index contributed by atoms with van der Waals surface area (Å²) in [5, 5.41) is 24.0. The third kappa shape index (κ3) is 2.55. The number of aliphatic hydroxyl groups is 1. The molecule has 2 aromatic carbocycles. The molecule has 0 bridgehead atoms. The number of carbonyl (C=O) groups is 2. The van der Waals surface area contributed by atoms with Gasteiger partial charge in [-0.2, -0.15) is 0 Å². The number of amides is 1. The first kappa shape index (κ1) is 15.8. The number of benzene rings is 2. The van der Waals surface area contributed by atoms with Gasteiger partial charge in [-0.15, -0.1) is 0 Å². The first-order valence-electron chi connectivity index (χ1n) is 7.24. The number of ketones is 1. The molecule has 0 saturated heterocycles. The second kappa shape index (κ2) is 5.54. The molecule has 2 N–H and O–H groups in total. The number of aryl methyl sites for hydroxylation is 1. The molecule has 0 aliphatic carbocycles. The maximum atomic E-state index is 12.4. The normalized spacial score (nSPS) is 18.8. The van der Waals surface area contributed by atoms with Crippen LogP contribution in [0.15, 0.2) is 42.5 Å². The molecule has 24 heavy (non-hydrogen) atoms. The highest BCUT2D eigenvalue weighted by atomic mass is 16.6. The molecular weight excluding hydrogens is 312 g/mol. The van der Waals surface area contributed by atoms with E-state index < -0.39 is 28.6 Å². The number of hydrogen-bond donors (Lipinski definition) is 2. The molecule has 1 heterocycles. The van der Waals surface area contributed by atoms with E-state index in [1.54, 1.807) is 18.2 Å². The Morgan fingerprint density at radius 3 is 2.54 bits per heavy atom. The number of anilines is 1. The van der Waals surface area contributed by atoms with E-state index in [0.29, 0.717) is 11.3 Å². The summed E-state index contributed by atoms with van der Waals surface area (Å²) in [6.07, 6.45) is -0.437. The smallest absolute Gasteiger partial charge is 0.269 e. The van der Waals surface area contributed by atoms with E-state index in [9.17, 15) is 24.8 Å². The van der Waals surface area contributed by atoms with Crippen LogP contribution in [-0.4, -0.2) is 21.7 Å². The summed E-state index contributed by atoms with van der Waals surface area (Å²) in [5.74, 6) is -1.13. The van der Waals surface area contributed by atoms with Crippen LogP contribution in [0, 0.1) is 17.0 Å². The summed E-state index contributed by atoms with van der Waals surface area (Å²) in [4.78, 5) is 34.7. The summed E-state index contributed by atoms with van der Waals surface area (Å²) in [6.45, 7) is 1.82. The summed E-state index contributed by atoms with van der Waals surface area (Å²) >= 11 is 0. The van der Waals surface area contributed by atoms with E-state index in [0.717, 1.165) is 5.56 Å². The quantitative estimate of drug-likeness (QED) is 0.509. The Labute approximate surface area is 137 Å². The van der Waals surface area contributed by atoms with Crippen molar-refractivity contribution in [2.75, 3.05) is 5.32 Å². The molecular formula is C17H14N2O5.